The van der Waals surface area contributed by atoms with Crippen molar-refractivity contribution in [2.75, 3.05) is 19.7 Å². The second kappa shape index (κ2) is 5.83. The van der Waals surface area contributed by atoms with Crippen molar-refractivity contribution in [3.8, 4) is 5.75 Å². The first-order valence-corrected chi connectivity index (χ1v) is 7.45. The molecule has 0 spiro atoms. The van der Waals surface area contributed by atoms with E-state index >= 15 is 0 Å². The molecule has 0 amide bonds. The first kappa shape index (κ1) is 13.4. The molecule has 0 aromatic heterocycles. The van der Waals surface area contributed by atoms with Crippen molar-refractivity contribution in [2.24, 2.45) is 0 Å². The van der Waals surface area contributed by atoms with Gasteiger partial charge in [0.25, 0.3) is 0 Å². The highest BCUT2D eigenvalue weighted by molar-refractivity contribution is 5.93. The Bertz CT molecular complexity index is 500. The molecule has 1 saturated heterocycles. The molecule has 0 saturated carbocycles. The standard InChI is InChI=1S/C16H21NO3/c1-2-17-8-4-3-5-13(17)11-19-14-6-7-15-12(9-14)10-20-16(15)18/h6-7,9,13H,2-5,8,10-11H2,1H3/t13-/m0/s1. The summed E-state index contributed by atoms with van der Waals surface area (Å²) < 4.78 is 10.9. The predicted octanol–water partition coefficient (Wildman–Crippen LogP) is 2.61. The monoisotopic (exact) mass is 275 g/mol. The number of esters is 1. The van der Waals surface area contributed by atoms with E-state index in [9.17, 15) is 4.79 Å². The molecule has 2 aliphatic rings. The first-order valence-electron chi connectivity index (χ1n) is 7.45. The highest BCUT2D eigenvalue weighted by Crippen LogP contribution is 2.25. The number of likely N-dealkylation sites (tertiary alicyclic amines) is 1. The summed E-state index contributed by atoms with van der Waals surface area (Å²) in [6.07, 6.45) is 3.79. The van der Waals surface area contributed by atoms with Crippen LogP contribution >= 0.6 is 0 Å². The van der Waals surface area contributed by atoms with Gasteiger partial charge in [0.15, 0.2) is 0 Å². The Hall–Kier alpha value is -1.55. The molecule has 1 atom stereocenters. The van der Waals surface area contributed by atoms with E-state index in [0.717, 1.165) is 24.5 Å². The number of cyclic esters (lactones) is 1. The third kappa shape index (κ3) is 2.66. The van der Waals surface area contributed by atoms with Crippen LogP contribution in [-0.4, -0.2) is 36.6 Å². The fourth-order valence-corrected chi connectivity index (χ4v) is 3.06. The Kier molecular flexibility index (Phi) is 3.92. The Morgan fingerprint density at radius 3 is 3.15 bits per heavy atom. The smallest absolute Gasteiger partial charge is 0.338 e. The molecule has 0 N–H and O–H groups in total. The number of hydrogen-bond donors (Lipinski definition) is 0. The number of benzene rings is 1. The van der Waals surface area contributed by atoms with Crippen molar-refractivity contribution in [1.82, 2.24) is 4.90 Å². The molecule has 3 rings (SSSR count). The number of nitrogens with zero attached hydrogens (tertiary/aromatic N) is 1. The molecule has 4 nitrogen and oxygen atoms in total. The molecule has 2 aliphatic heterocycles. The van der Waals surface area contributed by atoms with E-state index in [1.165, 1.54) is 25.8 Å². The molecule has 0 bridgehead atoms. The molecule has 4 heteroatoms. The van der Waals surface area contributed by atoms with Crippen molar-refractivity contribution < 1.29 is 14.3 Å². The van der Waals surface area contributed by atoms with Crippen molar-refractivity contribution in [3.63, 3.8) is 0 Å². The van der Waals surface area contributed by atoms with Crippen LogP contribution in [0.3, 0.4) is 0 Å². The second-order valence-electron chi connectivity index (χ2n) is 5.48. The van der Waals surface area contributed by atoms with Crippen molar-refractivity contribution >= 4 is 5.97 Å². The minimum Gasteiger partial charge on any atom is -0.492 e. The summed E-state index contributed by atoms with van der Waals surface area (Å²) in [5, 5.41) is 0. The van der Waals surface area contributed by atoms with Gasteiger partial charge >= 0.3 is 5.97 Å². The van der Waals surface area contributed by atoms with Crippen LogP contribution < -0.4 is 4.74 Å². The van der Waals surface area contributed by atoms with Gasteiger partial charge in [-0.3, -0.25) is 4.90 Å². The van der Waals surface area contributed by atoms with E-state index in [4.69, 9.17) is 9.47 Å². The van der Waals surface area contributed by atoms with Crippen LogP contribution in [-0.2, 0) is 11.3 Å². The average Bonchev–Trinajstić information content (AvgIpc) is 2.86. The van der Waals surface area contributed by atoms with Gasteiger partial charge in [-0.05, 0) is 44.1 Å². The summed E-state index contributed by atoms with van der Waals surface area (Å²) in [6.45, 7) is 5.56. The quantitative estimate of drug-likeness (QED) is 0.792. The van der Waals surface area contributed by atoms with Crippen molar-refractivity contribution in [2.45, 2.75) is 38.8 Å². The molecule has 0 radical (unpaired) electrons. The van der Waals surface area contributed by atoms with Gasteiger partial charge in [0.05, 0.1) is 5.56 Å². The molecule has 108 valence electrons. The number of carbonyl (C=O) groups excluding carboxylic acids is 1. The largest absolute Gasteiger partial charge is 0.492 e. The fourth-order valence-electron chi connectivity index (χ4n) is 3.06. The van der Waals surface area contributed by atoms with Crippen LogP contribution in [0.2, 0.25) is 0 Å². The van der Waals surface area contributed by atoms with E-state index in [1.807, 2.05) is 12.1 Å². The summed E-state index contributed by atoms with van der Waals surface area (Å²) >= 11 is 0. The van der Waals surface area contributed by atoms with Crippen molar-refractivity contribution in [1.29, 1.82) is 0 Å². The van der Waals surface area contributed by atoms with Gasteiger partial charge < -0.3 is 9.47 Å². The zero-order valence-electron chi connectivity index (χ0n) is 11.9. The van der Waals surface area contributed by atoms with E-state index in [-0.39, 0.29) is 5.97 Å². The lowest BCUT2D eigenvalue weighted by Crippen LogP contribution is -2.42. The normalized spacial score (nSPS) is 22.4. The second-order valence-corrected chi connectivity index (χ2v) is 5.48. The van der Waals surface area contributed by atoms with Gasteiger partial charge in [-0.15, -0.1) is 0 Å². The maximum absolute atomic E-state index is 11.4. The zero-order valence-corrected chi connectivity index (χ0v) is 11.9. The topological polar surface area (TPSA) is 38.8 Å². The molecule has 1 aromatic carbocycles. The third-order valence-electron chi connectivity index (χ3n) is 4.25. The predicted molar refractivity (Wildman–Crippen MR) is 75.9 cm³/mol. The molecule has 1 fully saturated rings. The average molecular weight is 275 g/mol. The Balaban J connectivity index is 1.62. The maximum atomic E-state index is 11.4. The SMILES string of the molecule is CCN1CCCC[C@H]1COc1ccc2c(c1)COC2=O. The number of fused-ring (bicyclic) bond motifs is 1. The number of rotatable bonds is 4. The molecule has 2 heterocycles. The summed E-state index contributed by atoms with van der Waals surface area (Å²) in [5.74, 6) is 0.611. The number of hydrogen-bond acceptors (Lipinski definition) is 4. The Morgan fingerprint density at radius 2 is 2.30 bits per heavy atom. The lowest BCUT2D eigenvalue weighted by Gasteiger charge is -2.34. The lowest BCUT2D eigenvalue weighted by atomic mass is 10.0. The van der Waals surface area contributed by atoms with Crippen LogP contribution in [0, 0.1) is 0 Å². The van der Waals surface area contributed by atoms with Gasteiger partial charge in [0, 0.05) is 11.6 Å². The van der Waals surface area contributed by atoms with Crippen LogP contribution in [0.25, 0.3) is 0 Å². The minimum absolute atomic E-state index is 0.226. The van der Waals surface area contributed by atoms with Gasteiger partial charge in [0.1, 0.15) is 19.0 Å². The number of carbonyl (C=O) groups is 1. The molecular formula is C16H21NO3. The highest BCUT2D eigenvalue weighted by Gasteiger charge is 2.23. The van der Waals surface area contributed by atoms with E-state index < -0.39 is 0 Å². The van der Waals surface area contributed by atoms with Crippen molar-refractivity contribution in [3.05, 3.63) is 29.3 Å². The van der Waals surface area contributed by atoms with Gasteiger partial charge in [-0.1, -0.05) is 13.3 Å². The van der Waals surface area contributed by atoms with E-state index in [1.54, 1.807) is 6.07 Å². The highest BCUT2D eigenvalue weighted by atomic mass is 16.5. The zero-order chi connectivity index (χ0) is 13.9. The fraction of sp³-hybridized carbons (Fsp3) is 0.562. The lowest BCUT2D eigenvalue weighted by molar-refractivity contribution is 0.0535. The van der Waals surface area contributed by atoms with Gasteiger partial charge in [-0.25, -0.2) is 4.79 Å². The van der Waals surface area contributed by atoms with Gasteiger partial charge in [-0.2, -0.15) is 0 Å². The Labute approximate surface area is 119 Å². The Morgan fingerprint density at radius 1 is 1.40 bits per heavy atom. The third-order valence-corrected chi connectivity index (χ3v) is 4.25. The van der Waals surface area contributed by atoms with Crippen LogP contribution in [0.4, 0.5) is 0 Å². The van der Waals surface area contributed by atoms with Crippen LogP contribution in [0.1, 0.15) is 42.1 Å². The number of ether oxygens (including phenoxy) is 2. The van der Waals surface area contributed by atoms with Crippen LogP contribution in [0.5, 0.6) is 5.75 Å². The van der Waals surface area contributed by atoms with E-state index in [2.05, 4.69) is 11.8 Å². The molecule has 0 unspecified atom stereocenters. The first-order chi connectivity index (χ1) is 9.78. The summed E-state index contributed by atoms with van der Waals surface area (Å²) in [7, 11) is 0. The summed E-state index contributed by atoms with van der Waals surface area (Å²) in [4.78, 5) is 13.9. The summed E-state index contributed by atoms with van der Waals surface area (Å²) in [5.41, 5.74) is 1.61. The van der Waals surface area contributed by atoms with E-state index in [0.29, 0.717) is 18.2 Å². The minimum atomic E-state index is -0.226. The molecular weight excluding hydrogens is 254 g/mol. The molecule has 0 aliphatic carbocycles. The maximum Gasteiger partial charge on any atom is 0.338 e. The van der Waals surface area contributed by atoms with Gasteiger partial charge in [0.2, 0.25) is 0 Å². The number of piperidine rings is 1. The molecule has 1 aromatic rings. The summed E-state index contributed by atoms with van der Waals surface area (Å²) in [6, 6.07) is 6.11. The van der Waals surface area contributed by atoms with Crippen LogP contribution in [0.15, 0.2) is 18.2 Å². The number of likely N-dealkylation sites (N-methyl/N-ethyl adjacent to an activating group) is 1. The molecule has 20 heavy (non-hydrogen) atoms.